The van der Waals surface area contributed by atoms with E-state index >= 15 is 0 Å². The fourth-order valence-corrected chi connectivity index (χ4v) is 4.42. The average Bonchev–Trinajstić information content (AvgIpc) is 2.48. The molecule has 0 heterocycles. The van der Waals surface area contributed by atoms with Gasteiger partial charge in [0.05, 0.1) is 0 Å². The van der Waals surface area contributed by atoms with Crippen LogP contribution >= 0.6 is 0 Å². The van der Waals surface area contributed by atoms with Gasteiger partial charge in [-0.15, -0.1) is 0 Å². The van der Waals surface area contributed by atoms with Crippen LogP contribution in [0.15, 0.2) is 11.6 Å². The molecule has 1 atom stereocenters. The molecule has 1 aliphatic carbocycles. The lowest BCUT2D eigenvalue weighted by Crippen LogP contribution is -2.61. The van der Waals surface area contributed by atoms with Crippen LogP contribution in [-0.2, 0) is 0 Å². The Morgan fingerprint density at radius 1 is 1.05 bits per heavy atom. The minimum Gasteiger partial charge on any atom is -0.312 e. The van der Waals surface area contributed by atoms with Crippen LogP contribution in [0.5, 0.6) is 0 Å². The maximum atomic E-state index is 3.70. The van der Waals surface area contributed by atoms with Crippen molar-refractivity contribution in [1.29, 1.82) is 0 Å². The van der Waals surface area contributed by atoms with E-state index in [1.54, 1.807) is 5.57 Å². The normalized spacial score (nSPS) is 19.0. The standard InChI is InChI=1S/C19H38N2/c1-6-19(7-2,21(8-3)9-4)18(20-5)17-15-13-11-10-12-14-16-17/h15,18,20H,6-14,16H2,1-5H3. The number of hydrogen-bond acceptors (Lipinski definition) is 2. The molecule has 21 heavy (non-hydrogen) atoms. The largest absolute Gasteiger partial charge is 0.312 e. The summed E-state index contributed by atoms with van der Waals surface area (Å²) in [6.45, 7) is 11.6. The van der Waals surface area contributed by atoms with E-state index in [0.717, 1.165) is 13.1 Å². The number of hydrogen-bond donors (Lipinski definition) is 1. The Bertz CT molecular complexity index is 301. The summed E-state index contributed by atoms with van der Waals surface area (Å²) in [5.41, 5.74) is 1.94. The highest BCUT2D eigenvalue weighted by Crippen LogP contribution is 2.34. The van der Waals surface area contributed by atoms with E-state index < -0.39 is 0 Å². The van der Waals surface area contributed by atoms with E-state index in [9.17, 15) is 0 Å². The third-order valence-corrected chi connectivity index (χ3v) is 5.64. The second kappa shape index (κ2) is 9.63. The number of likely N-dealkylation sites (N-methyl/N-ethyl adjacent to an activating group) is 2. The summed E-state index contributed by atoms with van der Waals surface area (Å²) < 4.78 is 0. The Morgan fingerprint density at radius 2 is 1.67 bits per heavy atom. The first-order chi connectivity index (χ1) is 10.2. The van der Waals surface area contributed by atoms with Crippen molar-refractivity contribution in [2.75, 3.05) is 20.1 Å². The fraction of sp³-hybridized carbons (Fsp3) is 0.895. The SMILES string of the molecule is CCN(CC)C(CC)(CC)C(NC)C1=CCCCCCC1. The lowest BCUT2D eigenvalue weighted by Gasteiger charge is -2.49. The quantitative estimate of drug-likeness (QED) is 0.650. The van der Waals surface area contributed by atoms with Crippen molar-refractivity contribution < 1.29 is 0 Å². The van der Waals surface area contributed by atoms with E-state index in [1.165, 1.54) is 51.4 Å². The molecule has 0 amide bonds. The number of nitrogens with one attached hydrogen (secondary N) is 1. The van der Waals surface area contributed by atoms with Crippen molar-refractivity contribution in [3.05, 3.63) is 11.6 Å². The Labute approximate surface area is 133 Å². The highest BCUT2D eigenvalue weighted by atomic mass is 15.2. The summed E-state index contributed by atoms with van der Waals surface area (Å²) in [6.07, 6.45) is 13.1. The first kappa shape index (κ1) is 18.7. The zero-order valence-electron chi connectivity index (χ0n) is 15.2. The molecule has 1 N–H and O–H groups in total. The molecule has 0 bridgehead atoms. The molecule has 2 nitrogen and oxygen atoms in total. The molecule has 0 radical (unpaired) electrons. The molecule has 1 unspecified atom stereocenters. The molecule has 0 fully saturated rings. The molecule has 0 aromatic heterocycles. The Hall–Kier alpha value is -0.340. The monoisotopic (exact) mass is 294 g/mol. The maximum absolute atomic E-state index is 3.70. The molecule has 0 spiro atoms. The van der Waals surface area contributed by atoms with Gasteiger partial charge in [-0.1, -0.05) is 52.2 Å². The zero-order valence-corrected chi connectivity index (χ0v) is 15.2. The van der Waals surface area contributed by atoms with Gasteiger partial charge in [-0.25, -0.2) is 0 Å². The molecular formula is C19H38N2. The molecule has 0 saturated carbocycles. The van der Waals surface area contributed by atoms with Gasteiger partial charge in [0.15, 0.2) is 0 Å². The molecule has 0 aliphatic heterocycles. The highest BCUT2D eigenvalue weighted by molar-refractivity contribution is 5.20. The first-order valence-corrected chi connectivity index (χ1v) is 9.31. The third kappa shape index (κ3) is 4.32. The van der Waals surface area contributed by atoms with Crippen molar-refractivity contribution in [3.63, 3.8) is 0 Å². The second-order valence-electron chi connectivity index (χ2n) is 6.44. The molecule has 1 aliphatic rings. The second-order valence-corrected chi connectivity index (χ2v) is 6.44. The predicted octanol–water partition coefficient (Wildman–Crippen LogP) is 4.76. The number of allylic oxidation sites excluding steroid dienone is 1. The molecule has 2 heteroatoms. The van der Waals surface area contributed by atoms with Crippen molar-refractivity contribution in [2.45, 2.75) is 90.6 Å². The van der Waals surface area contributed by atoms with Crippen molar-refractivity contribution in [3.8, 4) is 0 Å². The maximum Gasteiger partial charge on any atom is 0.0463 e. The van der Waals surface area contributed by atoms with Crippen molar-refractivity contribution >= 4 is 0 Å². The van der Waals surface area contributed by atoms with E-state index in [-0.39, 0.29) is 5.54 Å². The van der Waals surface area contributed by atoms with Gasteiger partial charge in [-0.3, -0.25) is 4.90 Å². The van der Waals surface area contributed by atoms with E-state index in [0.29, 0.717) is 6.04 Å². The molecule has 0 aromatic rings. The van der Waals surface area contributed by atoms with Gasteiger partial charge in [0, 0.05) is 11.6 Å². The van der Waals surface area contributed by atoms with Gasteiger partial charge in [-0.05, 0) is 58.7 Å². The van der Waals surface area contributed by atoms with E-state index in [4.69, 9.17) is 0 Å². The average molecular weight is 295 g/mol. The molecule has 124 valence electrons. The van der Waals surface area contributed by atoms with E-state index in [2.05, 4.69) is 51.0 Å². The summed E-state index contributed by atoms with van der Waals surface area (Å²) in [5, 5.41) is 3.70. The summed E-state index contributed by atoms with van der Waals surface area (Å²) in [7, 11) is 2.16. The smallest absolute Gasteiger partial charge is 0.0463 e. The first-order valence-electron chi connectivity index (χ1n) is 9.31. The van der Waals surface area contributed by atoms with Gasteiger partial charge in [0.25, 0.3) is 0 Å². The van der Waals surface area contributed by atoms with Crippen molar-refractivity contribution in [1.82, 2.24) is 10.2 Å². The van der Waals surface area contributed by atoms with Crippen LogP contribution in [0.4, 0.5) is 0 Å². The number of rotatable bonds is 8. The van der Waals surface area contributed by atoms with Crippen LogP contribution in [0, 0.1) is 0 Å². The van der Waals surface area contributed by atoms with Crippen LogP contribution in [0.2, 0.25) is 0 Å². The van der Waals surface area contributed by atoms with Gasteiger partial charge < -0.3 is 5.32 Å². The van der Waals surface area contributed by atoms with Crippen LogP contribution in [0.3, 0.4) is 0 Å². The minimum atomic E-state index is 0.267. The van der Waals surface area contributed by atoms with E-state index in [1.807, 2.05) is 0 Å². The van der Waals surface area contributed by atoms with Crippen LogP contribution in [-0.4, -0.2) is 36.6 Å². The Morgan fingerprint density at radius 3 is 2.19 bits per heavy atom. The lowest BCUT2D eigenvalue weighted by atomic mass is 9.76. The molecule has 1 rings (SSSR count). The Kier molecular flexibility index (Phi) is 8.58. The third-order valence-electron chi connectivity index (χ3n) is 5.64. The van der Waals surface area contributed by atoms with Crippen LogP contribution in [0.25, 0.3) is 0 Å². The summed E-state index contributed by atoms with van der Waals surface area (Å²) in [6, 6.07) is 0.505. The highest BCUT2D eigenvalue weighted by Gasteiger charge is 2.40. The number of nitrogens with zero attached hydrogens (tertiary/aromatic N) is 1. The zero-order chi connectivity index (χ0) is 15.7. The fourth-order valence-electron chi connectivity index (χ4n) is 4.42. The van der Waals surface area contributed by atoms with Gasteiger partial charge in [0.1, 0.15) is 0 Å². The molecule has 0 saturated heterocycles. The summed E-state index contributed by atoms with van der Waals surface area (Å²) in [4.78, 5) is 2.69. The molecular weight excluding hydrogens is 256 g/mol. The predicted molar refractivity (Wildman–Crippen MR) is 94.9 cm³/mol. The molecule has 0 aromatic carbocycles. The minimum absolute atomic E-state index is 0.267. The van der Waals surface area contributed by atoms with Gasteiger partial charge in [-0.2, -0.15) is 0 Å². The lowest BCUT2D eigenvalue weighted by molar-refractivity contribution is 0.0623. The van der Waals surface area contributed by atoms with Crippen LogP contribution in [0.1, 0.15) is 79.1 Å². The van der Waals surface area contributed by atoms with Gasteiger partial charge in [0.2, 0.25) is 0 Å². The van der Waals surface area contributed by atoms with Crippen molar-refractivity contribution in [2.24, 2.45) is 0 Å². The summed E-state index contributed by atoms with van der Waals surface area (Å²) >= 11 is 0. The topological polar surface area (TPSA) is 15.3 Å². The van der Waals surface area contributed by atoms with Crippen LogP contribution < -0.4 is 5.32 Å². The summed E-state index contributed by atoms with van der Waals surface area (Å²) in [5.74, 6) is 0. The van der Waals surface area contributed by atoms with Gasteiger partial charge >= 0.3 is 0 Å². The Balaban J connectivity index is 3.10.